The lowest BCUT2D eigenvalue weighted by molar-refractivity contribution is 0.879. The van der Waals surface area contributed by atoms with Crippen LogP contribution in [0.25, 0.3) is 5.57 Å². The van der Waals surface area contributed by atoms with Crippen molar-refractivity contribution in [3.8, 4) is 0 Å². The molecule has 0 amide bonds. The third kappa shape index (κ3) is 2.35. The first-order chi connectivity index (χ1) is 7.18. The van der Waals surface area contributed by atoms with Gasteiger partial charge in [0.2, 0.25) is 0 Å². The standard InChI is InChI=1S/C14H16N/c1-10(2)11(3)15-14-7-5-4-6-13(14)12-8-9-12/h4-10H,1-3H3. The molecule has 77 valence electrons. The largest absolute Gasteiger partial charge is 0.257 e. The predicted octanol–water partition coefficient (Wildman–Crippen LogP) is 4.04. The zero-order chi connectivity index (χ0) is 10.8. The van der Waals surface area contributed by atoms with Crippen molar-refractivity contribution in [3.63, 3.8) is 0 Å². The molecule has 0 unspecified atom stereocenters. The molecule has 0 N–H and O–H groups in total. The van der Waals surface area contributed by atoms with Gasteiger partial charge >= 0.3 is 0 Å². The lowest BCUT2D eigenvalue weighted by atomic mass is 10.1. The molecule has 0 aliphatic heterocycles. The van der Waals surface area contributed by atoms with Crippen LogP contribution in [0.3, 0.4) is 0 Å². The van der Waals surface area contributed by atoms with Gasteiger partial charge in [-0.05, 0) is 24.5 Å². The number of para-hydroxylation sites is 1. The first-order valence-electron chi connectivity index (χ1n) is 5.38. The van der Waals surface area contributed by atoms with E-state index in [1.165, 1.54) is 16.8 Å². The van der Waals surface area contributed by atoms with E-state index in [0.29, 0.717) is 5.92 Å². The quantitative estimate of drug-likeness (QED) is 0.650. The summed E-state index contributed by atoms with van der Waals surface area (Å²) in [6, 6.07) is 8.31. The van der Waals surface area contributed by atoms with E-state index in [1.54, 1.807) is 0 Å². The lowest BCUT2D eigenvalue weighted by Gasteiger charge is -2.06. The molecule has 1 aromatic carbocycles. The summed E-state index contributed by atoms with van der Waals surface area (Å²) in [7, 11) is 0. The number of rotatable bonds is 3. The van der Waals surface area contributed by atoms with Gasteiger partial charge in [0.1, 0.15) is 0 Å². The number of hydrogen-bond acceptors (Lipinski definition) is 1. The minimum absolute atomic E-state index is 0.509. The van der Waals surface area contributed by atoms with Crippen molar-refractivity contribution < 1.29 is 0 Å². The van der Waals surface area contributed by atoms with Crippen molar-refractivity contribution in [2.75, 3.05) is 0 Å². The lowest BCUT2D eigenvalue weighted by Crippen LogP contribution is -2.00. The van der Waals surface area contributed by atoms with Crippen LogP contribution in [0.4, 0.5) is 5.69 Å². The average molecular weight is 198 g/mol. The molecule has 1 aliphatic carbocycles. The van der Waals surface area contributed by atoms with Crippen LogP contribution in [0, 0.1) is 12.3 Å². The Bertz CT molecular complexity index is 425. The van der Waals surface area contributed by atoms with Crippen LogP contribution < -0.4 is 0 Å². The van der Waals surface area contributed by atoms with Crippen molar-refractivity contribution in [3.05, 3.63) is 42.3 Å². The zero-order valence-corrected chi connectivity index (χ0v) is 9.49. The summed E-state index contributed by atoms with van der Waals surface area (Å²) in [6.07, 6.45) is 4.25. The van der Waals surface area contributed by atoms with E-state index in [1.807, 2.05) is 6.07 Å². The Morgan fingerprint density at radius 2 is 1.87 bits per heavy atom. The maximum Gasteiger partial charge on any atom is 0.0704 e. The molecule has 1 radical (unpaired) electrons. The molecule has 15 heavy (non-hydrogen) atoms. The molecule has 2 rings (SSSR count). The Morgan fingerprint density at radius 3 is 2.47 bits per heavy atom. The topological polar surface area (TPSA) is 12.4 Å². The van der Waals surface area contributed by atoms with E-state index in [0.717, 1.165) is 5.69 Å². The maximum absolute atomic E-state index is 4.68. The molecule has 0 heterocycles. The summed E-state index contributed by atoms with van der Waals surface area (Å²) in [4.78, 5) is 4.68. The molecule has 0 spiro atoms. The van der Waals surface area contributed by atoms with Gasteiger partial charge in [-0.25, -0.2) is 0 Å². The van der Waals surface area contributed by atoms with Crippen LogP contribution in [0.1, 0.15) is 26.3 Å². The van der Waals surface area contributed by atoms with Crippen LogP contribution >= 0.6 is 0 Å². The van der Waals surface area contributed by atoms with Crippen LogP contribution in [-0.4, -0.2) is 5.71 Å². The van der Waals surface area contributed by atoms with Crippen LogP contribution in [0.5, 0.6) is 0 Å². The Labute approximate surface area is 91.6 Å². The van der Waals surface area contributed by atoms with Gasteiger partial charge in [-0.2, -0.15) is 0 Å². The van der Waals surface area contributed by atoms with Crippen molar-refractivity contribution in [1.82, 2.24) is 0 Å². The van der Waals surface area contributed by atoms with Crippen molar-refractivity contribution >= 4 is 17.0 Å². The van der Waals surface area contributed by atoms with Gasteiger partial charge in [0.05, 0.1) is 5.69 Å². The van der Waals surface area contributed by atoms with Gasteiger partial charge in [-0.1, -0.05) is 38.1 Å². The average Bonchev–Trinajstić information content (AvgIpc) is 3.02. The third-order valence-electron chi connectivity index (χ3n) is 2.68. The number of nitrogens with zero attached hydrogens (tertiary/aromatic N) is 1. The van der Waals surface area contributed by atoms with Crippen LogP contribution in [-0.2, 0) is 0 Å². The molecule has 0 bridgehead atoms. The Balaban J connectivity index is 2.35. The van der Waals surface area contributed by atoms with E-state index in [2.05, 4.69) is 56.5 Å². The number of hydrogen-bond donors (Lipinski definition) is 0. The Kier molecular flexibility index (Phi) is 2.72. The normalized spacial score (nSPS) is 15.5. The van der Waals surface area contributed by atoms with E-state index in [4.69, 9.17) is 0 Å². The van der Waals surface area contributed by atoms with Gasteiger partial charge < -0.3 is 0 Å². The van der Waals surface area contributed by atoms with Crippen LogP contribution in [0.2, 0.25) is 0 Å². The zero-order valence-electron chi connectivity index (χ0n) is 9.49. The highest BCUT2D eigenvalue weighted by Crippen LogP contribution is 2.36. The molecule has 1 nitrogen and oxygen atoms in total. The molecule has 0 saturated carbocycles. The van der Waals surface area contributed by atoms with E-state index in [9.17, 15) is 0 Å². The summed E-state index contributed by atoms with van der Waals surface area (Å²) < 4.78 is 0. The Hall–Kier alpha value is -1.37. The van der Waals surface area contributed by atoms with Crippen molar-refractivity contribution in [2.24, 2.45) is 10.9 Å². The van der Waals surface area contributed by atoms with Gasteiger partial charge in [0, 0.05) is 17.7 Å². The number of aliphatic imine (C=N–C) groups is 1. The monoisotopic (exact) mass is 198 g/mol. The molecule has 0 fully saturated rings. The Morgan fingerprint density at radius 1 is 1.20 bits per heavy atom. The molecule has 0 aromatic heterocycles. The minimum atomic E-state index is 0.509. The molecule has 1 aliphatic rings. The highest BCUT2D eigenvalue weighted by Gasteiger charge is 2.14. The summed E-state index contributed by atoms with van der Waals surface area (Å²) in [6.45, 7) is 6.43. The number of allylic oxidation sites excluding steroid dienone is 2. The van der Waals surface area contributed by atoms with Crippen molar-refractivity contribution in [2.45, 2.75) is 20.8 Å². The van der Waals surface area contributed by atoms with E-state index in [-0.39, 0.29) is 0 Å². The summed E-state index contributed by atoms with van der Waals surface area (Å²) in [5, 5.41) is 0. The molecular formula is C14H16N. The second-order valence-corrected chi connectivity index (χ2v) is 4.21. The summed E-state index contributed by atoms with van der Waals surface area (Å²) >= 11 is 0. The highest BCUT2D eigenvalue weighted by molar-refractivity contribution is 5.94. The van der Waals surface area contributed by atoms with Crippen molar-refractivity contribution in [1.29, 1.82) is 0 Å². The fourth-order valence-electron chi connectivity index (χ4n) is 1.36. The van der Waals surface area contributed by atoms with E-state index >= 15 is 0 Å². The van der Waals surface area contributed by atoms with Crippen LogP contribution in [0.15, 0.2) is 35.3 Å². The third-order valence-corrected chi connectivity index (χ3v) is 2.68. The highest BCUT2D eigenvalue weighted by atomic mass is 14.8. The minimum Gasteiger partial charge on any atom is -0.257 e. The summed E-state index contributed by atoms with van der Waals surface area (Å²) in [5.74, 6) is 0.509. The fourth-order valence-corrected chi connectivity index (χ4v) is 1.36. The van der Waals surface area contributed by atoms with Gasteiger partial charge in [-0.3, -0.25) is 4.99 Å². The second-order valence-electron chi connectivity index (χ2n) is 4.21. The molecule has 0 atom stereocenters. The second kappa shape index (κ2) is 4.01. The van der Waals surface area contributed by atoms with Gasteiger partial charge in [-0.15, -0.1) is 0 Å². The number of benzene rings is 1. The smallest absolute Gasteiger partial charge is 0.0704 e. The van der Waals surface area contributed by atoms with E-state index < -0.39 is 0 Å². The fraction of sp³-hybridized carbons (Fsp3) is 0.286. The summed E-state index contributed by atoms with van der Waals surface area (Å²) in [5.41, 5.74) is 4.83. The van der Waals surface area contributed by atoms with Gasteiger partial charge in [0.25, 0.3) is 0 Å². The molecular weight excluding hydrogens is 182 g/mol. The first-order valence-corrected chi connectivity index (χ1v) is 5.38. The molecule has 1 aromatic rings. The maximum atomic E-state index is 4.68. The molecule has 0 saturated heterocycles. The van der Waals surface area contributed by atoms with Gasteiger partial charge in [0.15, 0.2) is 0 Å². The first kappa shape index (κ1) is 10.2. The SMILES string of the molecule is CC(=Nc1ccccc1C1=C[CH]1)C(C)C. The molecule has 1 heteroatoms. The predicted molar refractivity (Wildman–Crippen MR) is 66.3 cm³/mol.